The van der Waals surface area contributed by atoms with Gasteiger partial charge in [-0.3, -0.25) is 28.6 Å². The molecule has 9 nitrogen and oxygen atoms in total. The van der Waals surface area contributed by atoms with Crippen LogP contribution in [0.5, 0.6) is 0 Å². The Bertz CT molecular complexity index is 1470. The fraction of sp³-hybridized carbons (Fsp3) is 0.304. The van der Waals surface area contributed by atoms with E-state index in [1.807, 2.05) is 0 Å². The molecule has 1 saturated heterocycles. The summed E-state index contributed by atoms with van der Waals surface area (Å²) in [5, 5.41) is 11.3. The maximum atomic E-state index is 14.9. The van der Waals surface area contributed by atoms with Crippen LogP contribution < -0.4 is 15.6 Å². The quantitative estimate of drug-likeness (QED) is 0.448. The molecule has 0 aliphatic carbocycles. The Hall–Kier alpha value is -3.62. The van der Waals surface area contributed by atoms with E-state index in [-0.39, 0.29) is 29.8 Å². The predicted molar refractivity (Wildman–Crippen MR) is 124 cm³/mol. The van der Waals surface area contributed by atoms with E-state index in [2.05, 4.69) is 15.0 Å². The Morgan fingerprint density at radius 1 is 1.29 bits per heavy atom. The van der Waals surface area contributed by atoms with Crippen LogP contribution in [-0.2, 0) is 9.53 Å². The van der Waals surface area contributed by atoms with Gasteiger partial charge in [-0.25, -0.2) is 13.8 Å². The highest BCUT2D eigenvalue weighted by molar-refractivity contribution is 6.32. The van der Waals surface area contributed by atoms with Gasteiger partial charge < -0.3 is 10.4 Å². The first-order chi connectivity index (χ1) is 17.7. The maximum Gasteiger partial charge on any atom is 0.522 e. The number of anilines is 1. The summed E-state index contributed by atoms with van der Waals surface area (Å²) in [4.78, 5) is 43.7. The number of hydrogen-bond donors (Lipinski definition) is 2. The van der Waals surface area contributed by atoms with E-state index in [0.29, 0.717) is 6.07 Å². The molecule has 202 valence electrons. The molecular formula is C23H18ClF5N4O5. The summed E-state index contributed by atoms with van der Waals surface area (Å²) >= 11 is 6.09. The van der Waals surface area contributed by atoms with Gasteiger partial charge in [0.05, 0.1) is 42.1 Å². The van der Waals surface area contributed by atoms with E-state index in [4.69, 9.17) is 11.6 Å². The number of alkyl halides is 3. The average molecular weight is 561 g/mol. The minimum Gasteiger partial charge on any atom is -0.391 e. The number of aromatic nitrogens is 2. The smallest absolute Gasteiger partial charge is 0.391 e. The van der Waals surface area contributed by atoms with E-state index in [9.17, 15) is 41.4 Å². The first-order valence-electron chi connectivity index (χ1n) is 11.0. The van der Waals surface area contributed by atoms with E-state index < -0.39 is 70.3 Å². The highest BCUT2D eigenvalue weighted by atomic mass is 35.5. The van der Waals surface area contributed by atoms with E-state index in [1.54, 1.807) is 0 Å². The Labute approximate surface area is 215 Å². The summed E-state index contributed by atoms with van der Waals surface area (Å²) in [6.07, 6.45) is -5.21. The van der Waals surface area contributed by atoms with Crippen molar-refractivity contribution < 1.29 is 41.4 Å². The zero-order chi connectivity index (χ0) is 27.9. The molecule has 3 aromatic rings. The van der Waals surface area contributed by atoms with Crippen molar-refractivity contribution in [1.29, 1.82) is 0 Å². The number of rotatable bonds is 6. The third-order valence-electron chi connectivity index (χ3n) is 5.56. The first kappa shape index (κ1) is 27.4. The number of hydrogen-bond acceptors (Lipinski definition) is 6. The molecule has 2 N–H and O–H groups in total. The highest BCUT2D eigenvalue weighted by Crippen LogP contribution is 2.29. The van der Waals surface area contributed by atoms with Gasteiger partial charge in [-0.2, -0.15) is 0 Å². The van der Waals surface area contributed by atoms with Crippen LogP contribution in [-0.4, -0.2) is 58.1 Å². The third-order valence-corrected chi connectivity index (χ3v) is 5.85. The van der Waals surface area contributed by atoms with Gasteiger partial charge in [-0.15, -0.1) is 13.2 Å². The number of aliphatic hydroxyl groups excluding tert-OH is 1. The number of amides is 2. The molecule has 0 radical (unpaired) electrons. The van der Waals surface area contributed by atoms with Crippen LogP contribution in [0.25, 0.3) is 16.7 Å². The van der Waals surface area contributed by atoms with Gasteiger partial charge in [-0.1, -0.05) is 11.6 Å². The van der Waals surface area contributed by atoms with Crippen LogP contribution in [0.4, 0.5) is 27.8 Å². The van der Waals surface area contributed by atoms with Gasteiger partial charge in [-0.05, 0) is 25.1 Å². The molecule has 1 unspecified atom stereocenters. The largest absolute Gasteiger partial charge is 0.522 e. The summed E-state index contributed by atoms with van der Waals surface area (Å²) in [6.45, 7) is 0.163. The molecule has 2 aromatic heterocycles. The van der Waals surface area contributed by atoms with Crippen molar-refractivity contribution in [3.8, 4) is 5.69 Å². The number of pyridine rings is 2. The molecule has 3 heterocycles. The topological polar surface area (TPSA) is 114 Å². The minimum atomic E-state index is -4.94. The number of nitrogens with zero attached hydrogens (tertiary/aromatic N) is 3. The van der Waals surface area contributed by atoms with Crippen molar-refractivity contribution >= 4 is 40.3 Å². The standard InChI is InChI=1S/C23H18ClF5N4O5/c1-10(9-38-23(27,28)29)30-22(37)14-8-33(19-15(24)4-11(25)5-16(19)26)21-13(20(14)36)2-3-17(31-21)32-7-12(34)6-18(32)35/h2-5,8,10,12,34H,6-7,9H2,1H3,(H,30,37)/t10?,12-/m0/s1. The summed E-state index contributed by atoms with van der Waals surface area (Å²) in [7, 11) is 0. The second-order valence-corrected chi connectivity index (χ2v) is 8.90. The number of nitrogens with one attached hydrogen (secondary N) is 1. The Morgan fingerprint density at radius 2 is 2.00 bits per heavy atom. The second-order valence-electron chi connectivity index (χ2n) is 8.49. The number of benzene rings is 1. The minimum absolute atomic E-state index is 0.000894. The zero-order valence-corrected chi connectivity index (χ0v) is 20.1. The fourth-order valence-corrected chi connectivity index (χ4v) is 4.20. The number of halogens is 6. The lowest BCUT2D eigenvalue weighted by Crippen LogP contribution is -2.39. The number of carbonyl (C=O) groups excluding carboxylic acids is 2. The van der Waals surface area contributed by atoms with Gasteiger partial charge in [0.15, 0.2) is 11.5 Å². The third kappa shape index (κ3) is 5.61. The molecule has 2 amide bonds. The Balaban J connectivity index is 1.86. The van der Waals surface area contributed by atoms with E-state index in [0.717, 1.165) is 21.7 Å². The summed E-state index contributed by atoms with van der Waals surface area (Å²) in [5.74, 6) is -3.76. The molecule has 0 spiro atoms. The number of fused-ring (bicyclic) bond motifs is 1. The van der Waals surface area contributed by atoms with Crippen molar-refractivity contribution in [2.75, 3.05) is 18.1 Å². The maximum absolute atomic E-state index is 14.9. The monoisotopic (exact) mass is 560 g/mol. The van der Waals surface area contributed by atoms with Crippen LogP contribution in [0.15, 0.2) is 35.3 Å². The number of aliphatic hydroxyl groups is 1. The molecule has 1 aliphatic heterocycles. The number of β-amino-alcohol motifs (C(OH)–C–C–N with tert-alkyl or cyclic N) is 1. The normalized spacial score (nSPS) is 16.8. The van der Waals surface area contributed by atoms with Crippen LogP contribution in [0, 0.1) is 11.6 Å². The molecular weight excluding hydrogens is 543 g/mol. The van der Waals surface area contributed by atoms with Crippen molar-refractivity contribution in [2.45, 2.75) is 31.9 Å². The summed E-state index contributed by atoms with van der Waals surface area (Å²) in [5.41, 5.74) is -2.28. The first-order valence-corrected chi connectivity index (χ1v) is 11.3. The molecule has 2 atom stereocenters. The molecule has 1 fully saturated rings. The fourth-order valence-electron chi connectivity index (χ4n) is 3.91. The number of ether oxygens (including phenoxy) is 1. The Morgan fingerprint density at radius 3 is 2.61 bits per heavy atom. The molecule has 15 heteroatoms. The lowest BCUT2D eigenvalue weighted by atomic mass is 10.1. The van der Waals surface area contributed by atoms with E-state index in [1.165, 1.54) is 19.1 Å². The van der Waals surface area contributed by atoms with Gasteiger partial charge in [0.1, 0.15) is 22.9 Å². The molecule has 4 rings (SSSR count). The van der Waals surface area contributed by atoms with Crippen LogP contribution in [0.2, 0.25) is 5.02 Å². The van der Waals surface area contributed by atoms with Crippen LogP contribution in [0.1, 0.15) is 23.7 Å². The summed E-state index contributed by atoms with van der Waals surface area (Å²) in [6, 6.07) is 2.58. The van der Waals surface area contributed by atoms with E-state index >= 15 is 0 Å². The number of carbonyl (C=O) groups is 2. The molecule has 38 heavy (non-hydrogen) atoms. The molecule has 0 bridgehead atoms. The van der Waals surface area contributed by atoms with Crippen LogP contribution in [0.3, 0.4) is 0 Å². The lowest BCUT2D eigenvalue weighted by Gasteiger charge is -2.19. The lowest BCUT2D eigenvalue weighted by molar-refractivity contribution is -0.325. The van der Waals surface area contributed by atoms with Gasteiger partial charge >= 0.3 is 6.36 Å². The SMILES string of the molecule is CC(COC(F)(F)F)NC(=O)c1cn(-c2c(F)cc(F)cc2Cl)c2nc(N3C[C@@H](O)CC3=O)ccc2c1=O. The predicted octanol–water partition coefficient (Wildman–Crippen LogP) is 3.07. The van der Waals surface area contributed by atoms with Crippen molar-refractivity contribution in [2.24, 2.45) is 0 Å². The van der Waals surface area contributed by atoms with Crippen molar-refractivity contribution in [1.82, 2.24) is 14.9 Å². The summed E-state index contributed by atoms with van der Waals surface area (Å²) < 4.78 is 70.3. The Kier molecular flexibility index (Phi) is 7.41. The van der Waals surface area contributed by atoms with Crippen molar-refractivity contribution in [3.63, 3.8) is 0 Å². The molecule has 0 saturated carbocycles. The van der Waals surface area contributed by atoms with Gasteiger partial charge in [0, 0.05) is 12.3 Å². The van der Waals surface area contributed by atoms with Crippen molar-refractivity contribution in [3.05, 3.63) is 62.9 Å². The van der Waals surface area contributed by atoms with Gasteiger partial charge in [0.25, 0.3) is 5.91 Å². The average Bonchev–Trinajstić information content (AvgIpc) is 3.15. The van der Waals surface area contributed by atoms with Gasteiger partial charge in [0.2, 0.25) is 11.3 Å². The van der Waals surface area contributed by atoms with Crippen LogP contribution >= 0.6 is 11.6 Å². The highest BCUT2D eigenvalue weighted by Gasteiger charge is 2.32. The molecule has 1 aromatic carbocycles. The second kappa shape index (κ2) is 10.3. The molecule has 1 aliphatic rings. The zero-order valence-electron chi connectivity index (χ0n) is 19.4.